The molecule has 154 valence electrons. The van der Waals surface area contributed by atoms with Gasteiger partial charge in [0.2, 0.25) is 11.8 Å². The van der Waals surface area contributed by atoms with Gasteiger partial charge in [0.1, 0.15) is 6.04 Å². The van der Waals surface area contributed by atoms with E-state index in [2.05, 4.69) is 0 Å². The predicted molar refractivity (Wildman–Crippen MR) is 105 cm³/mol. The van der Waals surface area contributed by atoms with Crippen LogP contribution in [0.25, 0.3) is 0 Å². The molecule has 2 aliphatic carbocycles. The minimum Gasteiger partial charge on any atom is -0.456 e. The fourth-order valence-corrected chi connectivity index (χ4v) is 5.45. The Morgan fingerprint density at radius 3 is 2.14 bits per heavy atom. The number of imide groups is 1. The molecule has 1 heterocycles. The lowest BCUT2D eigenvalue weighted by Gasteiger charge is -2.28. The van der Waals surface area contributed by atoms with E-state index in [-0.39, 0.29) is 47.2 Å². The van der Waals surface area contributed by atoms with E-state index in [9.17, 15) is 19.2 Å². The average molecular weight is 418 g/mol. The molecule has 0 unspecified atom stereocenters. The lowest BCUT2D eigenvalue weighted by molar-refractivity contribution is -0.160. The molecule has 7 heteroatoms. The normalized spacial score (nSPS) is 28.8. The van der Waals surface area contributed by atoms with Gasteiger partial charge < -0.3 is 4.74 Å². The molecule has 2 bridgehead atoms. The number of nitrogens with zero attached hydrogens (tertiary/aromatic N) is 1. The molecule has 0 radical (unpaired) electrons. The fourth-order valence-electron chi connectivity index (χ4n) is 5.32. The van der Waals surface area contributed by atoms with Gasteiger partial charge in [-0.2, -0.15) is 0 Å². The second-order valence-electron chi connectivity index (χ2n) is 8.66. The minimum atomic E-state index is -1.00. The maximum Gasteiger partial charge on any atom is 0.330 e. The first kappa shape index (κ1) is 20.1. The standard InChI is InChI=1S/C22H24ClNO5/c1-11(2)19(22(28)29-10-16(25)12-5-7-15(23)8-6-12)24-20(26)17-13-3-4-14(9-13)18(17)21(24)27/h5-8,11,13-14,17-19H,3-4,9-10H2,1-2H3/t13-,14+,17-,18-,19+/m0/s1. The fraction of sp³-hybridized carbons (Fsp3) is 0.545. The molecule has 0 spiro atoms. The van der Waals surface area contributed by atoms with Gasteiger partial charge in [0.05, 0.1) is 11.8 Å². The molecule has 3 aliphatic rings. The van der Waals surface area contributed by atoms with Crippen LogP contribution in [0.1, 0.15) is 43.5 Å². The molecule has 4 rings (SSSR count). The summed E-state index contributed by atoms with van der Waals surface area (Å²) in [5.74, 6) is -1.94. The van der Waals surface area contributed by atoms with Gasteiger partial charge in [-0.3, -0.25) is 19.3 Å². The van der Waals surface area contributed by atoms with Crippen molar-refractivity contribution < 1.29 is 23.9 Å². The molecule has 1 aromatic rings. The summed E-state index contributed by atoms with van der Waals surface area (Å²) >= 11 is 5.82. The van der Waals surface area contributed by atoms with Crippen molar-refractivity contribution in [1.29, 1.82) is 0 Å². The summed E-state index contributed by atoms with van der Waals surface area (Å²) in [6, 6.07) is 5.29. The summed E-state index contributed by atoms with van der Waals surface area (Å²) in [6.45, 7) is 3.10. The van der Waals surface area contributed by atoms with Gasteiger partial charge in [0.15, 0.2) is 12.4 Å². The number of ketones is 1. The Hall–Kier alpha value is -2.21. The highest BCUT2D eigenvalue weighted by Gasteiger charge is 2.62. The average Bonchev–Trinajstić information content (AvgIpc) is 3.36. The second-order valence-corrected chi connectivity index (χ2v) is 9.09. The van der Waals surface area contributed by atoms with E-state index in [0.29, 0.717) is 10.6 Å². The van der Waals surface area contributed by atoms with E-state index >= 15 is 0 Å². The number of fused-ring (bicyclic) bond motifs is 5. The van der Waals surface area contributed by atoms with Crippen molar-refractivity contribution in [1.82, 2.24) is 4.90 Å². The van der Waals surface area contributed by atoms with Crippen LogP contribution in [0.15, 0.2) is 24.3 Å². The number of hydrogen-bond acceptors (Lipinski definition) is 5. The summed E-state index contributed by atoms with van der Waals surface area (Å²) in [5.41, 5.74) is 0.378. The number of Topliss-reactive ketones (excluding diaryl/α,β-unsaturated/α-hetero) is 1. The van der Waals surface area contributed by atoms with Crippen LogP contribution < -0.4 is 0 Å². The Morgan fingerprint density at radius 2 is 1.62 bits per heavy atom. The van der Waals surface area contributed by atoms with Crippen molar-refractivity contribution in [2.75, 3.05) is 6.61 Å². The number of halogens is 1. The van der Waals surface area contributed by atoms with Gasteiger partial charge in [-0.05, 0) is 61.3 Å². The van der Waals surface area contributed by atoms with Crippen molar-refractivity contribution in [3.8, 4) is 0 Å². The SMILES string of the molecule is CC(C)[C@H](C(=O)OCC(=O)c1ccc(Cl)cc1)N1C(=O)[C@H]2[C@@H]3CC[C@@H](C3)[C@@H]2C1=O. The van der Waals surface area contributed by atoms with Crippen LogP contribution in [0.5, 0.6) is 0 Å². The highest BCUT2D eigenvalue weighted by molar-refractivity contribution is 6.30. The minimum absolute atomic E-state index is 0.244. The summed E-state index contributed by atoms with van der Waals surface area (Å²) in [5, 5.41) is 0.504. The molecule has 3 fully saturated rings. The van der Waals surface area contributed by atoms with E-state index in [1.54, 1.807) is 38.1 Å². The van der Waals surface area contributed by atoms with Crippen LogP contribution in [0.4, 0.5) is 0 Å². The highest BCUT2D eigenvalue weighted by Crippen LogP contribution is 2.56. The van der Waals surface area contributed by atoms with Gasteiger partial charge >= 0.3 is 5.97 Å². The van der Waals surface area contributed by atoms with Gasteiger partial charge in [0.25, 0.3) is 0 Å². The molecule has 0 aromatic heterocycles. The number of esters is 1. The lowest BCUT2D eigenvalue weighted by atomic mass is 9.81. The number of rotatable bonds is 6. The van der Waals surface area contributed by atoms with Gasteiger partial charge in [-0.15, -0.1) is 0 Å². The highest BCUT2D eigenvalue weighted by atomic mass is 35.5. The molecule has 2 amide bonds. The zero-order valence-corrected chi connectivity index (χ0v) is 17.2. The molecular formula is C22H24ClNO5. The predicted octanol–water partition coefficient (Wildman–Crippen LogP) is 3.12. The van der Waals surface area contributed by atoms with Crippen LogP contribution in [-0.2, 0) is 19.1 Å². The Bertz CT molecular complexity index is 836. The van der Waals surface area contributed by atoms with Crippen molar-refractivity contribution in [2.24, 2.45) is 29.6 Å². The van der Waals surface area contributed by atoms with E-state index in [1.165, 1.54) is 0 Å². The molecule has 5 atom stereocenters. The Kier molecular flexibility index (Phi) is 5.23. The zero-order valence-electron chi connectivity index (χ0n) is 16.5. The quantitative estimate of drug-likeness (QED) is 0.403. The Morgan fingerprint density at radius 1 is 1.07 bits per heavy atom. The first-order chi connectivity index (χ1) is 13.8. The van der Waals surface area contributed by atoms with Crippen LogP contribution in [0, 0.1) is 29.6 Å². The lowest BCUT2D eigenvalue weighted by Crippen LogP contribution is -2.50. The zero-order chi connectivity index (χ0) is 20.9. The third-order valence-electron chi connectivity index (χ3n) is 6.62. The molecule has 1 aliphatic heterocycles. The number of carbonyl (C=O) groups is 4. The number of ether oxygens (including phenoxy) is 1. The first-order valence-corrected chi connectivity index (χ1v) is 10.5. The van der Waals surface area contributed by atoms with Crippen LogP contribution >= 0.6 is 11.6 Å². The third-order valence-corrected chi connectivity index (χ3v) is 6.88. The summed E-state index contributed by atoms with van der Waals surface area (Å²) < 4.78 is 5.24. The van der Waals surface area contributed by atoms with E-state index in [4.69, 9.17) is 16.3 Å². The summed E-state index contributed by atoms with van der Waals surface area (Å²) in [7, 11) is 0. The van der Waals surface area contributed by atoms with Crippen molar-refractivity contribution in [2.45, 2.75) is 39.2 Å². The van der Waals surface area contributed by atoms with Crippen LogP contribution in [-0.4, -0.2) is 41.1 Å². The van der Waals surface area contributed by atoms with Gasteiger partial charge in [-0.1, -0.05) is 25.4 Å². The molecule has 29 heavy (non-hydrogen) atoms. The second kappa shape index (κ2) is 7.56. The topological polar surface area (TPSA) is 80.8 Å². The number of carbonyl (C=O) groups excluding carboxylic acids is 4. The monoisotopic (exact) mass is 417 g/mol. The largest absolute Gasteiger partial charge is 0.456 e. The number of hydrogen-bond donors (Lipinski definition) is 0. The van der Waals surface area contributed by atoms with E-state index in [1.807, 2.05) is 0 Å². The van der Waals surface area contributed by atoms with Crippen molar-refractivity contribution in [3.05, 3.63) is 34.9 Å². The molecule has 1 aromatic carbocycles. The number of amides is 2. The Labute approximate surface area is 174 Å². The third kappa shape index (κ3) is 3.37. The summed E-state index contributed by atoms with van der Waals surface area (Å²) in [4.78, 5) is 52.3. The smallest absolute Gasteiger partial charge is 0.330 e. The van der Waals surface area contributed by atoms with Crippen molar-refractivity contribution >= 4 is 35.2 Å². The van der Waals surface area contributed by atoms with Gasteiger partial charge in [-0.25, -0.2) is 4.79 Å². The summed E-state index contributed by atoms with van der Waals surface area (Å²) in [6.07, 6.45) is 2.89. The van der Waals surface area contributed by atoms with E-state index < -0.39 is 18.6 Å². The molecule has 1 saturated heterocycles. The molecule has 6 nitrogen and oxygen atoms in total. The molecular weight excluding hydrogens is 394 g/mol. The Balaban J connectivity index is 1.47. The van der Waals surface area contributed by atoms with Crippen LogP contribution in [0.2, 0.25) is 5.02 Å². The van der Waals surface area contributed by atoms with E-state index in [0.717, 1.165) is 24.2 Å². The van der Waals surface area contributed by atoms with Crippen molar-refractivity contribution in [3.63, 3.8) is 0 Å². The molecule has 0 N–H and O–H groups in total. The maximum absolute atomic E-state index is 13.0. The van der Waals surface area contributed by atoms with Gasteiger partial charge in [0, 0.05) is 10.6 Å². The van der Waals surface area contributed by atoms with Crippen LogP contribution in [0.3, 0.4) is 0 Å². The number of likely N-dealkylation sites (tertiary alicyclic amines) is 1. The molecule has 2 saturated carbocycles. The number of benzene rings is 1. The first-order valence-electron chi connectivity index (χ1n) is 10.1. The maximum atomic E-state index is 13.0.